The Labute approximate surface area is 128 Å². The summed E-state index contributed by atoms with van der Waals surface area (Å²) in [5.74, 6) is 2.23. The summed E-state index contributed by atoms with van der Waals surface area (Å²) in [7, 11) is 0. The summed E-state index contributed by atoms with van der Waals surface area (Å²) in [6, 6.07) is 0. The van der Waals surface area contributed by atoms with Crippen molar-refractivity contribution in [3.8, 4) is 0 Å². The van der Waals surface area contributed by atoms with Crippen LogP contribution in [0.3, 0.4) is 0 Å². The monoisotopic (exact) mass is 284 g/mol. The molecule has 0 aliphatic heterocycles. The van der Waals surface area contributed by atoms with Gasteiger partial charge in [-0.3, -0.25) is 0 Å². The highest BCUT2D eigenvalue weighted by Gasteiger charge is 2.25. The molecule has 0 rings (SSSR count). The molecule has 2 heteroatoms. The molecule has 0 bridgehead atoms. The Bertz CT molecular complexity index is 226. The average Bonchev–Trinajstić information content (AvgIpc) is 2.26. The van der Waals surface area contributed by atoms with Crippen LogP contribution in [0.15, 0.2) is 0 Å². The third kappa shape index (κ3) is 9.77. The smallest absolute Gasteiger partial charge is 0.00476 e. The Morgan fingerprint density at radius 3 is 1.75 bits per heavy atom. The Hall–Kier alpha value is -0.0800. The minimum Gasteiger partial charge on any atom is -0.316 e. The van der Waals surface area contributed by atoms with Crippen LogP contribution in [-0.2, 0) is 0 Å². The SMILES string of the molecule is CCC(C)(CNCC(C)C)CN(CC(C)C)CC(C)C. The summed E-state index contributed by atoms with van der Waals surface area (Å²) in [5.41, 5.74) is 0.388. The molecule has 0 amide bonds. The van der Waals surface area contributed by atoms with Crippen LogP contribution in [0.25, 0.3) is 0 Å². The van der Waals surface area contributed by atoms with Gasteiger partial charge in [-0.2, -0.15) is 0 Å². The first-order valence-electron chi connectivity index (χ1n) is 8.61. The summed E-state index contributed by atoms with van der Waals surface area (Å²) >= 11 is 0. The fourth-order valence-corrected chi connectivity index (χ4v) is 2.73. The number of nitrogens with one attached hydrogen (secondary N) is 1. The molecule has 0 aromatic heterocycles. The van der Waals surface area contributed by atoms with Crippen LogP contribution in [0.5, 0.6) is 0 Å². The van der Waals surface area contributed by atoms with Gasteiger partial charge in [-0.1, -0.05) is 55.4 Å². The second-order valence-corrected chi connectivity index (χ2v) is 8.17. The summed E-state index contributed by atoms with van der Waals surface area (Å²) in [5, 5.41) is 3.66. The zero-order chi connectivity index (χ0) is 15.8. The van der Waals surface area contributed by atoms with Crippen LogP contribution in [-0.4, -0.2) is 37.6 Å². The van der Waals surface area contributed by atoms with E-state index in [2.05, 4.69) is 65.6 Å². The Morgan fingerprint density at radius 2 is 1.40 bits per heavy atom. The van der Waals surface area contributed by atoms with Crippen molar-refractivity contribution in [1.29, 1.82) is 0 Å². The molecule has 0 aromatic rings. The van der Waals surface area contributed by atoms with E-state index in [9.17, 15) is 0 Å². The first-order chi connectivity index (χ1) is 9.18. The van der Waals surface area contributed by atoms with Gasteiger partial charge >= 0.3 is 0 Å². The van der Waals surface area contributed by atoms with Gasteiger partial charge in [0.1, 0.15) is 0 Å². The predicted octanol–water partition coefficient (Wildman–Crippen LogP) is 4.26. The largest absolute Gasteiger partial charge is 0.316 e. The lowest BCUT2D eigenvalue weighted by Gasteiger charge is -2.37. The molecule has 0 aliphatic carbocycles. The van der Waals surface area contributed by atoms with Crippen LogP contribution in [0.1, 0.15) is 61.8 Å². The van der Waals surface area contributed by atoms with Gasteiger partial charge in [0.25, 0.3) is 0 Å². The maximum Gasteiger partial charge on any atom is 0.00476 e. The van der Waals surface area contributed by atoms with Gasteiger partial charge in [0.05, 0.1) is 0 Å². The van der Waals surface area contributed by atoms with Gasteiger partial charge in [0.2, 0.25) is 0 Å². The molecule has 0 aromatic carbocycles. The lowest BCUT2D eigenvalue weighted by atomic mass is 9.86. The van der Waals surface area contributed by atoms with Gasteiger partial charge < -0.3 is 10.2 Å². The summed E-state index contributed by atoms with van der Waals surface area (Å²) < 4.78 is 0. The second kappa shape index (κ2) is 9.78. The Balaban J connectivity index is 4.49. The molecule has 0 aliphatic rings. The highest BCUT2D eigenvalue weighted by Crippen LogP contribution is 2.23. The van der Waals surface area contributed by atoms with Crippen molar-refractivity contribution < 1.29 is 0 Å². The van der Waals surface area contributed by atoms with Crippen molar-refractivity contribution in [2.24, 2.45) is 23.2 Å². The van der Waals surface area contributed by atoms with Crippen molar-refractivity contribution in [1.82, 2.24) is 10.2 Å². The number of rotatable bonds is 11. The van der Waals surface area contributed by atoms with E-state index in [1.54, 1.807) is 0 Å². The van der Waals surface area contributed by atoms with Crippen molar-refractivity contribution in [3.63, 3.8) is 0 Å². The third-order valence-electron chi connectivity index (χ3n) is 3.81. The summed E-state index contributed by atoms with van der Waals surface area (Å²) in [6.07, 6.45) is 1.24. The minimum atomic E-state index is 0.388. The van der Waals surface area contributed by atoms with E-state index in [0.29, 0.717) is 5.41 Å². The van der Waals surface area contributed by atoms with E-state index in [1.807, 2.05) is 0 Å². The minimum absolute atomic E-state index is 0.388. The number of hydrogen-bond donors (Lipinski definition) is 1. The van der Waals surface area contributed by atoms with Gasteiger partial charge in [-0.15, -0.1) is 0 Å². The first-order valence-corrected chi connectivity index (χ1v) is 8.61. The highest BCUT2D eigenvalue weighted by molar-refractivity contribution is 4.81. The molecule has 122 valence electrons. The lowest BCUT2D eigenvalue weighted by molar-refractivity contribution is 0.129. The van der Waals surface area contributed by atoms with Crippen molar-refractivity contribution in [2.75, 3.05) is 32.7 Å². The zero-order valence-electron chi connectivity index (χ0n) is 15.4. The fourth-order valence-electron chi connectivity index (χ4n) is 2.73. The van der Waals surface area contributed by atoms with E-state index in [0.717, 1.165) is 30.8 Å². The van der Waals surface area contributed by atoms with Gasteiger partial charge in [0, 0.05) is 26.2 Å². The maximum absolute atomic E-state index is 3.66. The predicted molar refractivity (Wildman–Crippen MR) is 92.2 cm³/mol. The molecule has 0 saturated heterocycles. The first kappa shape index (κ1) is 19.9. The molecule has 2 nitrogen and oxygen atoms in total. The normalized spacial score (nSPS) is 15.6. The molecule has 20 heavy (non-hydrogen) atoms. The van der Waals surface area contributed by atoms with E-state index in [-0.39, 0.29) is 0 Å². The maximum atomic E-state index is 3.66. The van der Waals surface area contributed by atoms with E-state index < -0.39 is 0 Å². The fraction of sp³-hybridized carbons (Fsp3) is 1.00. The molecule has 0 heterocycles. The van der Waals surface area contributed by atoms with E-state index in [1.165, 1.54) is 26.1 Å². The average molecular weight is 285 g/mol. The molecule has 1 unspecified atom stereocenters. The number of nitrogens with zero attached hydrogens (tertiary/aromatic N) is 1. The molecule has 0 radical (unpaired) electrons. The third-order valence-corrected chi connectivity index (χ3v) is 3.81. The molecule has 0 spiro atoms. The van der Waals surface area contributed by atoms with Crippen molar-refractivity contribution in [2.45, 2.75) is 61.8 Å². The van der Waals surface area contributed by atoms with E-state index >= 15 is 0 Å². The topological polar surface area (TPSA) is 15.3 Å². The molecular weight excluding hydrogens is 244 g/mol. The lowest BCUT2D eigenvalue weighted by Crippen LogP contribution is -2.45. The summed E-state index contributed by atoms with van der Waals surface area (Å²) in [6.45, 7) is 24.6. The van der Waals surface area contributed by atoms with Crippen LogP contribution in [0.4, 0.5) is 0 Å². The molecule has 0 fully saturated rings. The van der Waals surface area contributed by atoms with Crippen LogP contribution >= 0.6 is 0 Å². The van der Waals surface area contributed by atoms with Crippen LogP contribution < -0.4 is 5.32 Å². The quantitative estimate of drug-likeness (QED) is 0.610. The molecule has 1 atom stereocenters. The van der Waals surface area contributed by atoms with Gasteiger partial charge in [-0.25, -0.2) is 0 Å². The van der Waals surface area contributed by atoms with Crippen LogP contribution in [0, 0.1) is 23.2 Å². The Morgan fingerprint density at radius 1 is 0.900 bits per heavy atom. The zero-order valence-corrected chi connectivity index (χ0v) is 15.4. The van der Waals surface area contributed by atoms with Crippen molar-refractivity contribution >= 4 is 0 Å². The molecule has 0 saturated carbocycles. The van der Waals surface area contributed by atoms with Gasteiger partial charge in [-0.05, 0) is 36.1 Å². The summed E-state index contributed by atoms with van der Waals surface area (Å²) in [4.78, 5) is 2.68. The number of hydrogen-bond acceptors (Lipinski definition) is 2. The molecule has 1 N–H and O–H groups in total. The second-order valence-electron chi connectivity index (χ2n) is 8.17. The van der Waals surface area contributed by atoms with Gasteiger partial charge in [0.15, 0.2) is 0 Å². The van der Waals surface area contributed by atoms with Crippen molar-refractivity contribution in [3.05, 3.63) is 0 Å². The van der Waals surface area contributed by atoms with E-state index in [4.69, 9.17) is 0 Å². The Kier molecular flexibility index (Phi) is 9.74. The standard InChI is InChI=1S/C18H40N2/c1-9-18(8,13-19-10-15(2)3)14-20(11-16(4)5)12-17(6)7/h15-17,19H,9-14H2,1-8H3. The highest BCUT2D eigenvalue weighted by atomic mass is 15.1. The van der Waals surface area contributed by atoms with Crippen LogP contribution in [0.2, 0.25) is 0 Å². The molecular formula is C18H40N2.